The van der Waals surface area contributed by atoms with Crippen LogP contribution in [-0.4, -0.2) is 46.4 Å². The van der Waals surface area contributed by atoms with Crippen molar-refractivity contribution in [1.29, 1.82) is 0 Å². The summed E-state index contributed by atoms with van der Waals surface area (Å²) in [5.41, 5.74) is 2.84. The summed E-state index contributed by atoms with van der Waals surface area (Å²) in [6.45, 7) is 3.96. The van der Waals surface area contributed by atoms with Gasteiger partial charge in [-0.25, -0.2) is 0 Å². The molecule has 1 unspecified atom stereocenters. The molecule has 0 aliphatic heterocycles. The number of aliphatic hydroxyl groups is 1. The van der Waals surface area contributed by atoms with E-state index in [-0.39, 0.29) is 18.1 Å². The molecule has 1 aromatic heterocycles. The molecule has 1 aromatic carbocycles. The molecule has 4 rings (SSSR count). The maximum Gasteiger partial charge on any atom is 0.271 e. The molecule has 30 heavy (non-hydrogen) atoms. The summed E-state index contributed by atoms with van der Waals surface area (Å²) in [7, 11) is 1.59. The maximum atomic E-state index is 11.6. The fourth-order valence-corrected chi connectivity index (χ4v) is 4.70. The van der Waals surface area contributed by atoms with Gasteiger partial charge >= 0.3 is 0 Å². The van der Waals surface area contributed by atoms with E-state index in [2.05, 4.69) is 15.7 Å². The Bertz CT molecular complexity index is 900. The lowest BCUT2D eigenvalue weighted by Crippen LogP contribution is -2.56. The molecule has 2 amide bonds. The van der Waals surface area contributed by atoms with E-state index >= 15 is 0 Å². The summed E-state index contributed by atoms with van der Waals surface area (Å²) in [4.78, 5) is 21.6. The van der Waals surface area contributed by atoms with Crippen LogP contribution < -0.4 is 10.6 Å². The highest BCUT2D eigenvalue weighted by Gasteiger charge is 2.52. The van der Waals surface area contributed by atoms with Crippen LogP contribution in [0.15, 0.2) is 30.3 Å². The topological polar surface area (TPSA) is 96.2 Å². The molecule has 0 radical (unpaired) electrons. The van der Waals surface area contributed by atoms with Crippen molar-refractivity contribution in [2.24, 2.45) is 5.41 Å². The van der Waals surface area contributed by atoms with Gasteiger partial charge in [0.25, 0.3) is 5.91 Å². The summed E-state index contributed by atoms with van der Waals surface area (Å²) in [6.07, 6.45) is 4.75. The van der Waals surface area contributed by atoms with Crippen molar-refractivity contribution in [3.63, 3.8) is 0 Å². The maximum absolute atomic E-state index is 11.6. The molecule has 1 spiro atoms. The Morgan fingerprint density at radius 1 is 1.33 bits per heavy atom. The van der Waals surface area contributed by atoms with Crippen LogP contribution in [0.25, 0.3) is 0 Å². The molecular weight excluding hydrogens is 404 g/mol. The molecule has 1 atom stereocenters. The Labute approximate surface area is 181 Å². The van der Waals surface area contributed by atoms with E-state index < -0.39 is 0 Å². The number of hydrogen-bond acceptors (Lipinski definition) is 4. The van der Waals surface area contributed by atoms with E-state index in [9.17, 15) is 9.59 Å². The fourth-order valence-electron chi connectivity index (χ4n) is 4.50. The predicted octanol–water partition coefficient (Wildman–Crippen LogP) is 2.85. The van der Waals surface area contributed by atoms with E-state index in [4.69, 9.17) is 16.7 Å². The second-order valence-electron chi connectivity index (χ2n) is 8.38. The molecule has 8 heteroatoms. The molecule has 0 bridgehead atoms. The van der Waals surface area contributed by atoms with Crippen LogP contribution >= 0.6 is 11.6 Å². The third-order valence-electron chi connectivity index (χ3n) is 6.08. The van der Waals surface area contributed by atoms with Crippen LogP contribution in [0, 0.1) is 12.3 Å². The lowest BCUT2D eigenvalue weighted by molar-refractivity contribution is -0.118. The van der Waals surface area contributed by atoms with Crippen LogP contribution in [0.2, 0.25) is 5.02 Å². The van der Waals surface area contributed by atoms with Crippen LogP contribution in [-0.2, 0) is 4.79 Å². The second kappa shape index (κ2) is 9.18. The van der Waals surface area contributed by atoms with E-state index in [1.54, 1.807) is 13.1 Å². The van der Waals surface area contributed by atoms with Crippen LogP contribution in [0.5, 0.6) is 0 Å². The van der Waals surface area contributed by atoms with Gasteiger partial charge in [-0.05, 0) is 68.7 Å². The summed E-state index contributed by atoms with van der Waals surface area (Å²) in [5.74, 6) is -0.180. The molecular formula is C22H29ClN4O3. The van der Waals surface area contributed by atoms with Gasteiger partial charge in [0.2, 0.25) is 6.41 Å². The largest absolute Gasteiger partial charge is 0.393 e. The van der Waals surface area contributed by atoms with Gasteiger partial charge in [-0.2, -0.15) is 5.10 Å². The molecule has 7 nitrogen and oxygen atoms in total. The summed E-state index contributed by atoms with van der Waals surface area (Å²) in [5, 5.41) is 19.4. The number of aryl methyl sites for hydroxylation is 1. The summed E-state index contributed by atoms with van der Waals surface area (Å²) < 4.78 is 1.83. The fraction of sp³-hybridized carbons (Fsp3) is 0.500. The first-order valence-electron chi connectivity index (χ1n) is 10.2. The summed E-state index contributed by atoms with van der Waals surface area (Å²) >= 11 is 6.00. The highest BCUT2D eigenvalue weighted by atomic mass is 35.5. The molecule has 2 aliphatic carbocycles. The van der Waals surface area contributed by atoms with Crippen molar-refractivity contribution in [2.45, 2.75) is 57.7 Å². The first kappa shape index (κ1) is 22.3. The lowest BCUT2D eigenvalue weighted by Gasteiger charge is -2.56. The Hall–Kier alpha value is -2.38. The number of benzene rings is 1. The zero-order valence-electron chi connectivity index (χ0n) is 17.6. The number of hydrogen-bond donors (Lipinski definition) is 3. The third kappa shape index (κ3) is 4.84. The average Bonchev–Trinajstić information content (AvgIpc) is 3.06. The molecule has 3 N–H and O–H groups in total. The van der Waals surface area contributed by atoms with Gasteiger partial charge in [-0.1, -0.05) is 23.7 Å². The Kier molecular flexibility index (Phi) is 6.83. The Morgan fingerprint density at radius 2 is 2.03 bits per heavy atom. The van der Waals surface area contributed by atoms with E-state index in [1.807, 2.05) is 42.8 Å². The number of amides is 2. The number of aliphatic hydroxyl groups excluding tert-OH is 1. The zero-order valence-corrected chi connectivity index (χ0v) is 18.3. The number of aromatic nitrogens is 2. The number of carbonyl (C=O) groups is 2. The molecule has 2 saturated carbocycles. The minimum Gasteiger partial charge on any atom is -0.393 e. The van der Waals surface area contributed by atoms with Crippen molar-refractivity contribution >= 4 is 23.9 Å². The van der Waals surface area contributed by atoms with Gasteiger partial charge in [0, 0.05) is 23.8 Å². The van der Waals surface area contributed by atoms with Gasteiger partial charge in [0.1, 0.15) is 5.69 Å². The van der Waals surface area contributed by atoms with Gasteiger partial charge in [-0.15, -0.1) is 0 Å². The number of rotatable bonds is 5. The predicted molar refractivity (Wildman–Crippen MR) is 116 cm³/mol. The summed E-state index contributed by atoms with van der Waals surface area (Å²) in [6, 6.07) is 9.84. The van der Waals surface area contributed by atoms with Crippen molar-refractivity contribution in [3.8, 4) is 0 Å². The molecule has 0 saturated heterocycles. The lowest BCUT2D eigenvalue weighted by atomic mass is 9.53. The van der Waals surface area contributed by atoms with E-state index in [0.29, 0.717) is 22.2 Å². The smallest absolute Gasteiger partial charge is 0.271 e. The van der Waals surface area contributed by atoms with Crippen LogP contribution in [0.1, 0.15) is 60.4 Å². The van der Waals surface area contributed by atoms with Crippen molar-refractivity contribution in [1.82, 2.24) is 20.4 Å². The second-order valence-corrected chi connectivity index (χ2v) is 8.81. The Balaban J connectivity index is 0.000000196. The van der Waals surface area contributed by atoms with Crippen molar-refractivity contribution in [2.75, 3.05) is 7.05 Å². The first-order valence-corrected chi connectivity index (χ1v) is 10.6. The van der Waals surface area contributed by atoms with Gasteiger partial charge in [-0.3, -0.25) is 14.3 Å². The molecule has 2 aromatic rings. The number of nitrogens with one attached hydrogen (secondary N) is 2. The average molecular weight is 433 g/mol. The zero-order chi connectivity index (χ0) is 21.9. The third-order valence-corrected chi connectivity index (χ3v) is 6.32. The minimum atomic E-state index is -0.180. The minimum absolute atomic E-state index is 0.0251. The van der Waals surface area contributed by atoms with Gasteiger partial charge in [0.05, 0.1) is 12.1 Å². The molecule has 162 valence electrons. The van der Waals surface area contributed by atoms with E-state index in [0.717, 1.165) is 43.4 Å². The molecule has 2 fully saturated rings. The number of carbonyl (C=O) groups excluding carboxylic acids is 2. The highest BCUT2D eigenvalue weighted by molar-refractivity contribution is 6.30. The molecule has 1 heterocycles. The van der Waals surface area contributed by atoms with Crippen LogP contribution in [0.4, 0.5) is 0 Å². The monoisotopic (exact) mass is 432 g/mol. The van der Waals surface area contributed by atoms with Crippen molar-refractivity contribution < 1.29 is 14.7 Å². The number of nitrogens with zero attached hydrogens (tertiary/aromatic N) is 2. The van der Waals surface area contributed by atoms with Gasteiger partial charge < -0.3 is 15.7 Å². The molecule has 2 aliphatic rings. The van der Waals surface area contributed by atoms with E-state index in [1.165, 1.54) is 0 Å². The Morgan fingerprint density at radius 3 is 2.60 bits per heavy atom. The first-order chi connectivity index (χ1) is 14.3. The normalized spacial score (nSPS) is 25.2. The quantitative estimate of drug-likeness (QED) is 0.633. The number of halogens is 1. The standard InChI is InChI=1S/C14H16ClN3O.C8H13NO2/c1-9-7-13(14(19)16-3)17-18(9)10(2)11-5-4-6-12(15)8-11;10-5-9-6-1-8(2-6)3-7(11)4-8/h4-8,10H,1-3H3,(H,16,19);5-7,11H,1-4H2,(H,9,10). The van der Waals surface area contributed by atoms with Crippen LogP contribution in [0.3, 0.4) is 0 Å². The highest BCUT2D eigenvalue weighted by Crippen LogP contribution is 2.55. The SMILES string of the molecule is CNC(=O)c1cc(C)n(C(C)c2cccc(Cl)c2)n1.O=CNC1CC2(CC(O)C2)C1. The van der Waals surface area contributed by atoms with Crippen molar-refractivity contribution in [3.05, 3.63) is 52.3 Å². The van der Waals surface area contributed by atoms with Gasteiger partial charge in [0.15, 0.2) is 0 Å².